The molecule has 3 rings (SSSR count). The van der Waals surface area contributed by atoms with E-state index in [2.05, 4.69) is 10.4 Å². The smallest absolute Gasteiger partial charge is 0.311 e. The molecule has 0 bridgehead atoms. The van der Waals surface area contributed by atoms with Crippen molar-refractivity contribution in [3.05, 3.63) is 77.1 Å². The summed E-state index contributed by atoms with van der Waals surface area (Å²) in [5.74, 6) is -0.978. The number of para-hydroxylation sites is 1. The summed E-state index contributed by atoms with van der Waals surface area (Å²) in [4.78, 5) is 24.8. The first-order chi connectivity index (χ1) is 14.4. The van der Waals surface area contributed by atoms with E-state index >= 15 is 0 Å². The molecule has 0 saturated carbocycles. The molecule has 1 amide bonds. The zero-order valence-electron chi connectivity index (χ0n) is 17.0. The van der Waals surface area contributed by atoms with Crippen molar-refractivity contribution in [2.24, 2.45) is 0 Å². The Labute approximate surface area is 174 Å². The number of rotatable bonds is 6. The number of carbonyl (C=O) groups excluding carboxylic acids is 2. The summed E-state index contributed by atoms with van der Waals surface area (Å²) < 4.78 is 7.10. The zero-order chi connectivity index (χ0) is 21.7. The number of hydrogen-bond acceptors (Lipinski definition) is 5. The molecule has 2 aromatic carbocycles. The number of carbonyl (C=O) groups is 2. The fraction of sp³-hybridized carbons (Fsp3) is 0.217. The molecule has 1 aromatic heterocycles. The number of ether oxygens (including phenoxy) is 1. The van der Waals surface area contributed by atoms with Gasteiger partial charge < -0.3 is 10.1 Å². The Bertz CT molecular complexity index is 1110. The van der Waals surface area contributed by atoms with Crippen LogP contribution in [0.25, 0.3) is 5.69 Å². The van der Waals surface area contributed by atoms with Crippen LogP contribution in [0.15, 0.2) is 54.6 Å². The van der Waals surface area contributed by atoms with Gasteiger partial charge in [-0.05, 0) is 51.1 Å². The van der Waals surface area contributed by atoms with Crippen LogP contribution in [0.4, 0.5) is 5.69 Å². The number of aryl methyl sites for hydroxylation is 1. The molecule has 0 spiro atoms. The Morgan fingerprint density at radius 1 is 1.17 bits per heavy atom. The summed E-state index contributed by atoms with van der Waals surface area (Å²) in [6.07, 6.45) is -0.959. The van der Waals surface area contributed by atoms with Crippen molar-refractivity contribution in [1.29, 1.82) is 5.26 Å². The standard InChI is InChI=1S/C23H22N4O3/c1-15-21(16(2)27(26-15)20-10-5-4-6-11-20)13-22(28)30-17(3)23(29)25-19-9-7-8-18(12-19)14-24/h4-12,17H,13H2,1-3H3,(H,25,29)/t17-/m1/s1. The maximum absolute atomic E-state index is 12.4. The van der Waals surface area contributed by atoms with Gasteiger partial charge >= 0.3 is 5.97 Å². The van der Waals surface area contributed by atoms with E-state index in [0.717, 1.165) is 22.6 Å². The van der Waals surface area contributed by atoms with Crippen molar-refractivity contribution in [2.45, 2.75) is 33.3 Å². The third kappa shape index (κ3) is 4.73. The molecule has 7 heteroatoms. The summed E-state index contributed by atoms with van der Waals surface area (Å²) in [5, 5.41) is 16.1. The molecule has 0 saturated heterocycles. The Kier molecular flexibility index (Phi) is 6.28. The molecule has 0 fully saturated rings. The molecule has 0 aliphatic carbocycles. The van der Waals surface area contributed by atoms with Gasteiger partial charge in [-0.2, -0.15) is 10.4 Å². The van der Waals surface area contributed by atoms with Crippen LogP contribution in [0.5, 0.6) is 0 Å². The molecule has 1 atom stereocenters. The van der Waals surface area contributed by atoms with Gasteiger partial charge in [0.25, 0.3) is 5.91 Å². The van der Waals surface area contributed by atoms with Gasteiger partial charge in [-0.25, -0.2) is 4.68 Å². The van der Waals surface area contributed by atoms with Crippen molar-refractivity contribution in [3.63, 3.8) is 0 Å². The van der Waals surface area contributed by atoms with Crippen LogP contribution in [0, 0.1) is 25.2 Å². The molecule has 1 N–H and O–H groups in total. The van der Waals surface area contributed by atoms with Gasteiger partial charge in [0.1, 0.15) is 0 Å². The number of nitrogens with zero attached hydrogens (tertiary/aromatic N) is 3. The van der Waals surface area contributed by atoms with Gasteiger partial charge in [0.2, 0.25) is 0 Å². The van der Waals surface area contributed by atoms with Gasteiger partial charge in [0.05, 0.1) is 29.4 Å². The summed E-state index contributed by atoms with van der Waals surface area (Å²) in [6.45, 7) is 5.25. The quantitative estimate of drug-likeness (QED) is 0.637. The first kappa shape index (κ1) is 20.8. The van der Waals surface area contributed by atoms with Gasteiger partial charge in [0, 0.05) is 16.9 Å². The predicted molar refractivity (Wildman–Crippen MR) is 112 cm³/mol. The average Bonchev–Trinajstić information content (AvgIpc) is 3.02. The normalized spacial score (nSPS) is 11.4. The van der Waals surface area contributed by atoms with E-state index in [-0.39, 0.29) is 6.42 Å². The third-order valence-corrected chi connectivity index (χ3v) is 4.70. The predicted octanol–water partition coefficient (Wildman–Crippen LogP) is 3.47. The van der Waals surface area contributed by atoms with Gasteiger partial charge in [0.15, 0.2) is 6.10 Å². The summed E-state index contributed by atoms with van der Waals surface area (Å²) in [6, 6.07) is 18.2. The van der Waals surface area contributed by atoms with Crippen LogP contribution >= 0.6 is 0 Å². The lowest BCUT2D eigenvalue weighted by molar-refractivity contribution is -0.152. The van der Waals surface area contributed by atoms with Crippen molar-refractivity contribution in [1.82, 2.24) is 9.78 Å². The number of nitriles is 1. The van der Waals surface area contributed by atoms with Gasteiger partial charge in [-0.3, -0.25) is 9.59 Å². The molecule has 152 valence electrons. The number of esters is 1. The van der Waals surface area contributed by atoms with Gasteiger partial charge in [-0.15, -0.1) is 0 Å². The van der Waals surface area contributed by atoms with Crippen molar-refractivity contribution in [2.75, 3.05) is 5.32 Å². The minimum absolute atomic E-state index is 0.0199. The molecule has 30 heavy (non-hydrogen) atoms. The summed E-state index contributed by atoms with van der Waals surface area (Å²) in [5.41, 5.74) is 4.17. The zero-order valence-corrected chi connectivity index (χ0v) is 17.0. The number of amides is 1. The molecule has 0 aliphatic heterocycles. The Morgan fingerprint density at radius 2 is 1.90 bits per heavy atom. The Morgan fingerprint density at radius 3 is 2.60 bits per heavy atom. The van der Waals surface area contributed by atoms with E-state index in [1.807, 2.05) is 50.2 Å². The lowest BCUT2D eigenvalue weighted by Gasteiger charge is -2.14. The topological polar surface area (TPSA) is 97.0 Å². The Balaban J connectivity index is 1.64. The molecule has 7 nitrogen and oxygen atoms in total. The van der Waals surface area contributed by atoms with Crippen molar-refractivity contribution in [3.8, 4) is 11.8 Å². The molecule has 0 unspecified atom stereocenters. The molecule has 0 aliphatic rings. The van der Waals surface area contributed by atoms with Crippen LogP contribution in [0.1, 0.15) is 29.4 Å². The average molecular weight is 402 g/mol. The van der Waals surface area contributed by atoms with Crippen LogP contribution in [-0.2, 0) is 20.7 Å². The van der Waals surface area contributed by atoms with Crippen LogP contribution in [0.3, 0.4) is 0 Å². The highest BCUT2D eigenvalue weighted by molar-refractivity contribution is 5.95. The van der Waals surface area contributed by atoms with E-state index in [1.165, 1.54) is 6.92 Å². The molecule has 3 aromatic rings. The molecular formula is C23H22N4O3. The monoisotopic (exact) mass is 402 g/mol. The van der Waals surface area contributed by atoms with E-state index in [4.69, 9.17) is 10.00 Å². The van der Waals surface area contributed by atoms with Crippen molar-refractivity contribution >= 4 is 17.6 Å². The van der Waals surface area contributed by atoms with E-state index in [0.29, 0.717) is 11.3 Å². The van der Waals surface area contributed by atoms with E-state index in [9.17, 15) is 9.59 Å². The number of hydrogen-bond donors (Lipinski definition) is 1. The summed E-state index contributed by atoms with van der Waals surface area (Å²) in [7, 11) is 0. The highest BCUT2D eigenvalue weighted by Crippen LogP contribution is 2.19. The SMILES string of the molecule is Cc1nn(-c2ccccc2)c(C)c1CC(=O)O[C@H](C)C(=O)Nc1cccc(C#N)c1. The second kappa shape index (κ2) is 9.05. The maximum atomic E-state index is 12.4. The van der Waals surface area contributed by atoms with Gasteiger partial charge in [-0.1, -0.05) is 24.3 Å². The highest BCUT2D eigenvalue weighted by Gasteiger charge is 2.21. The number of aromatic nitrogens is 2. The molecule has 0 radical (unpaired) electrons. The molecule has 1 heterocycles. The molecular weight excluding hydrogens is 380 g/mol. The second-order valence-corrected chi connectivity index (χ2v) is 6.89. The minimum atomic E-state index is -0.979. The number of nitrogens with one attached hydrogen (secondary N) is 1. The third-order valence-electron chi connectivity index (χ3n) is 4.70. The second-order valence-electron chi connectivity index (χ2n) is 6.89. The van der Waals surface area contributed by atoms with Crippen LogP contribution in [0.2, 0.25) is 0 Å². The fourth-order valence-electron chi connectivity index (χ4n) is 3.10. The lowest BCUT2D eigenvalue weighted by atomic mass is 10.1. The lowest BCUT2D eigenvalue weighted by Crippen LogP contribution is -2.30. The Hall–Kier alpha value is -3.92. The number of benzene rings is 2. The van der Waals surface area contributed by atoms with E-state index in [1.54, 1.807) is 28.9 Å². The van der Waals surface area contributed by atoms with Crippen molar-refractivity contribution < 1.29 is 14.3 Å². The largest absolute Gasteiger partial charge is 0.452 e. The maximum Gasteiger partial charge on any atom is 0.311 e. The van der Waals surface area contributed by atoms with Crippen LogP contribution < -0.4 is 5.32 Å². The highest BCUT2D eigenvalue weighted by atomic mass is 16.5. The summed E-state index contributed by atoms with van der Waals surface area (Å²) >= 11 is 0. The van der Waals surface area contributed by atoms with E-state index < -0.39 is 18.0 Å². The fourth-order valence-corrected chi connectivity index (χ4v) is 3.10. The first-order valence-electron chi connectivity index (χ1n) is 9.50. The minimum Gasteiger partial charge on any atom is -0.452 e. The number of anilines is 1. The van der Waals surface area contributed by atoms with Crippen LogP contribution in [-0.4, -0.2) is 27.8 Å². The first-order valence-corrected chi connectivity index (χ1v) is 9.50.